The highest BCUT2D eigenvalue weighted by molar-refractivity contribution is 7.99. The molecule has 23 heavy (non-hydrogen) atoms. The van der Waals surface area contributed by atoms with Crippen LogP contribution in [0, 0.1) is 5.82 Å². The summed E-state index contributed by atoms with van der Waals surface area (Å²) < 4.78 is 54.8. The van der Waals surface area contributed by atoms with E-state index in [4.69, 9.17) is 0 Å². The standard InChI is InChI=1S/C15H8F4N2OS/c16-10-4-2-6-12(8-10)23-11-5-1-3-9(7-11)13-20-14(22-21-13)15(17,18)19/h1-8H. The zero-order valence-corrected chi connectivity index (χ0v) is 12.2. The van der Waals surface area contributed by atoms with Crippen molar-refractivity contribution in [1.82, 2.24) is 10.1 Å². The SMILES string of the molecule is Fc1cccc(Sc2cccc(-c3noc(C(F)(F)F)n3)c2)c1. The van der Waals surface area contributed by atoms with E-state index in [1.807, 2.05) is 0 Å². The number of hydrogen-bond acceptors (Lipinski definition) is 4. The van der Waals surface area contributed by atoms with Crippen LogP contribution >= 0.6 is 11.8 Å². The summed E-state index contributed by atoms with van der Waals surface area (Å²) in [6.07, 6.45) is -4.68. The quantitative estimate of drug-likeness (QED) is 0.626. The molecule has 118 valence electrons. The van der Waals surface area contributed by atoms with Gasteiger partial charge in [0.05, 0.1) is 0 Å². The molecule has 0 fully saturated rings. The van der Waals surface area contributed by atoms with E-state index >= 15 is 0 Å². The van der Waals surface area contributed by atoms with Gasteiger partial charge in [-0.2, -0.15) is 18.2 Å². The van der Waals surface area contributed by atoms with E-state index in [1.165, 1.54) is 23.9 Å². The first-order valence-corrected chi connectivity index (χ1v) is 7.18. The fourth-order valence-corrected chi connectivity index (χ4v) is 2.74. The van der Waals surface area contributed by atoms with Gasteiger partial charge >= 0.3 is 12.1 Å². The Morgan fingerprint density at radius 3 is 2.30 bits per heavy atom. The third-order valence-electron chi connectivity index (χ3n) is 2.79. The molecule has 0 spiro atoms. The number of hydrogen-bond donors (Lipinski definition) is 0. The van der Waals surface area contributed by atoms with Crippen LogP contribution in [0.4, 0.5) is 17.6 Å². The van der Waals surface area contributed by atoms with Gasteiger partial charge in [0.1, 0.15) is 5.82 Å². The Morgan fingerprint density at radius 1 is 0.957 bits per heavy atom. The first-order chi connectivity index (χ1) is 10.9. The van der Waals surface area contributed by atoms with E-state index in [0.29, 0.717) is 15.4 Å². The molecule has 0 aliphatic carbocycles. The maximum atomic E-state index is 13.2. The van der Waals surface area contributed by atoms with Crippen molar-refractivity contribution in [2.24, 2.45) is 0 Å². The summed E-state index contributed by atoms with van der Waals surface area (Å²) in [5.41, 5.74) is 0.380. The molecule has 0 aliphatic rings. The molecule has 2 aromatic carbocycles. The molecular formula is C15H8F4N2OS. The molecule has 8 heteroatoms. The minimum absolute atomic E-state index is 0.154. The smallest absolute Gasteiger partial charge is 0.329 e. The fourth-order valence-electron chi connectivity index (χ4n) is 1.82. The minimum Gasteiger partial charge on any atom is -0.329 e. The number of nitrogens with zero attached hydrogens (tertiary/aromatic N) is 2. The predicted octanol–water partition coefficient (Wildman–Crippen LogP) is 5.05. The van der Waals surface area contributed by atoms with Crippen LogP contribution in [0.5, 0.6) is 0 Å². The van der Waals surface area contributed by atoms with E-state index in [9.17, 15) is 17.6 Å². The van der Waals surface area contributed by atoms with E-state index in [2.05, 4.69) is 14.7 Å². The molecule has 3 nitrogen and oxygen atoms in total. The lowest BCUT2D eigenvalue weighted by Gasteiger charge is -2.03. The molecule has 3 aromatic rings. The molecule has 1 heterocycles. The molecule has 0 saturated heterocycles. The third-order valence-corrected chi connectivity index (χ3v) is 3.77. The summed E-state index contributed by atoms with van der Waals surface area (Å²) in [5.74, 6) is -1.91. The van der Waals surface area contributed by atoms with E-state index in [0.717, 1.165) is 0 Å². The lowest BCUT2D eigenvalue weighted by atomic mass is 10.2. The van der Waals surface area contributed by atoms with Gasteiger partial charge in [-0.05, 0) is 30.3 Å². The number of alkyl halides is 3. The molecule has 0 saturated carbocycles. The number of aromatic nitrogens is 2. The van der Waals surface area contributed by atoms with Gasteiger partial charge < -0.3 is 4.52 Å². The van der Waals surface area contributed by atoms with Crippen molar-refractivity contribution in [2.45, 2.75) is 16.0 Å². The summed E-state index contributed by atoms with van der Waals surface area (Å²) in [6.45, 7) is 0. The maximum Gasteiger partial charge on any atom is 0.471 e. The van der Waals surface area contributed by atoms with Crippen molar-refractivity contribution in [3.8, 4) is 11.4 Å². The zero-order chi connectivity index (χ0) is 16.4. The topological polar surface area (TPSA) is 38.9 Å². The Morgan fingerprint density at radius 2 is 1.65 bits per heavy atom. The van der Waals surface area contributed by atoms with Gasteiger partial charge in [-0.1, -0.05) is 35.1 Å². The Kier molecular flexibility index (Phi) is 4.08. The van der Waals surface area contributed by atoms with Crippen LogP contribution in [0.15, 0.2) is 62.8 Å². The molecule has 0 atom stereocenters. The highest BCUT2D eigenvalue weighted by atomic mass is 32.2. The fraction of sp³-hybridized carbons (Fsp3) is 0.0667. The van der Waals surface area contributed by atoms with Crippen molar-refractivity contribution in [1.29, 1.82) is 0 Å². The second kappa shape index (κ2) is 6.04. The Bertz CT molecular complexity index is 832. The zero-order valence-electron chi connectivity index (χ0n) is 11.3. The second-order valence-corrected chi connectivity index (χ2v) is 5.66. The van der Waals surface area contributed by atoms with Gasteiger partial charge in [0.2, 0.25) is 5.82 Å². The highest BCUT2D eigenvalue weighted by Crippen LogP contribution is 2.32. The highest BCUT2D eigenvalue weighted by Gasteiger charge is 2.38. The van der Waals surface area contributed by atoms with Crippen molar-refractivity contribution >= 4 is 11.8 Å². The van der Waals surface area contributed by atoms with Gasteiger partial charge in [-0.25, -0.2) is 4.39 Å². The van der Waals surface area contributed by atoms with Crippen LogP contribution in [0.2, 0.25) is 0 Å². The first kappa shape index (κ1) is 15.5. The van der Waals surface area contributed by atoms with Crippen LogP contribution < -0.4 is 0 Å². The van der Waals surface area contributed by atoms with E-state index < -0.39 is 12.1 Å². The van der Waals surface area contributed by atoms with Crippen molar-refractivity contribution in [2.75, 3.05) is 0 Å². The minimum atomic E-state index is -4.68. The van der Waals surface area contributed by atoms with Gasteiger partial charge in [0.25, 0.3) is 0 Å². The molecular weight excluding hydrogens is 332 g/mol. The lowest BCUT2D eigenvalue weighted by molar-refractivity contribution is -0.159. The van der Waals surface area contributed by atoms with Crippen molar-refractivity contribution < 1.29 is 22.1 Å². The molecule has 0 bridgehead atoms. The lowest BCUT2D eigenvalue weighted by Crippen LogP contribution is -2.04. The largest absolute Gasteiger partial charge is 0.471 e. The number of benzene rings is 2. The first-order valence-electron chi connectivity index (χ1n) is 6.36. The van der Waals surface area contributed by atoms with Crippen LogP contribution in [0.1, 0.15) is 5.89 Å². The summed E-state index contributed by atoms with van der Waals surface area (Å²) in [4.78, 5) is 4.73. The molecule has 0 N–H and O–H groups in total. The number of rotatable bonds is 3. The molecule has 0 aliphatic heterocycles. The van der Waals surface area contributed by atoms with Gasteiger partial charge in [0.15, 0.2) is 0 Å². The second-order valence-electron chi connectivity index (χ2n) is 4.51. The maximum absolute atomic E-state index is 13.2. The van der Waals surface area contributed by atoms with Gasteiger partial charge in [-0.15, -0.1) is 0 Å². The molecule has 1 aromatic heterocycles. The van der Waals surface area contributed by atoms with Gasteiger partial charge in [0, 0.05) is 15.4 Å². The van der Waals surface area contributed by atoms with Gasteiger partial charge in [-0.3, -0.25) is 0 Å². The summed E-state index contributed by atoms with van der Waals surface area (Å²) in [5, 5.41) is 3.34. The Labute approximate surface area is 132 Å². The average Bonchev–Trinajstić information content (AvgIpc) is 2.97. The molecule has 0 unspecified atom stereocenters. The number of halogens is 4. The van der Waals surface area contributed by atoms with Crippen LogP contribution in [0.3, 0.4) is 0 Å². The predicted molar refractivity (Wildman–Crippen MR) is 75.3 cm³/mol. The monoisotopic (exact) mass is 340 g/mol. The molecule has 0 amide bonds. The van der Waals surface area contributed by atoms with E-state index in [-0.39, 0.29) is 11.6 Å². The van der Waals surface area contributed by atoms with Crippen LogP contribution in [0.25, 0.3) is 11.4 Å². The normalized spacial score (nSPS) is 11.7. The third kappa shape index (κ3) is 3.70. The van der Waals surface area contributed by atoms with Crippen LogP contribution in [-0.4, -0.2) is 10.1 Å². The Balaban J connectivity index is 1.86. The molecule has 0 radical (unpaired) electrons. The van der Waals surface area contributed by atoms with Crippen molar-refractivity contribution in [3.63, 3.8) is 0 Å². The van der Waals surface area contributed by atoms with E-state index in [1.54, 1.807) is 36.4 Å². The van der Waals surface area contributed by atoms with Crippen LogP contribution in [-0.2, 0) is 6.18 Å². The molecule has 3 rings (SSSR count). The van der Waals surface area contributed by atoms with Crippen molar-refractivity contribution in [3.05, 3.63) is 60.2 Å². The average molecular weight is 340 g/mol. The Hall–Kier alpha value is -2.35. The summed E-state index contributed by atoms with van der Waals surface area (Å²) in [7, 11) is 0. The summed E-state index contributed by atoms with van der Waals surface area (Å²) in [6, 6.07) is 12.6. The summed E-state index contributed by atoms with van der Waals surface area (Å²) >= 11 is 1.27.